The van der Waals surface area contributed by atoms with Crippen molar-refractivity contribution in [1.29, 1.82) is 0 Å². The fraction of sp³-hybridized carbons (Fsp3) is 0.0833. The van der Waals surface area contributed by atoms with Crippen LogP contribution in [-0.2, 0) is 0 Å². The molecule has 0 aliphatic rings. The third-order valence-electron chi connectivity index (χ3n) is 2.50. The van der Waals surface area contributed by atoms with Crippen LogP contribution in [0.3, 0.4) is 0 Å². The molecule has 2 rings (SSSR count). The van der Waals surface area contributed by atoms with Crippen molar-refractivity contribution in [3.8, 4) is 11.6 Å². The van der Waals surface area contributed by atoms with Crippen LogP contribution in [0.4, 0.5) is 20.3 Å². The standard InChI is InChI=1S/C12H9F2N3O3/c1-6-4-7(2-3-10(6)17(18)19)20-12-9(14)5-8(13)11(15)16-12/h2-5H,1H3,(H2,15,16). The van der Waals surface area contributed by atoms with Crippen molar-refractivity contribution in [2.24, 2.45) is 0 Å². The fourth-order valence-electron chi connectivity index (χ4n) is 1.54. The quantitative estimate of drug-likeness (QED) is 0.689. The molecule has 0 fully saturated rings. The normalized spacial score (nSPS) is 10.3. The lowest BCUT2D eigenvalue weighted by molar-refractivity contribution is -0.385. The Morgan fingerprint density at radius 1 is 1.30 bits per heavy atom. The predicted octanol–water partition coefficient (Wildman–Crippen LogP) is 2.95. The fourth-order valence-corrected chi connectivity index (χ4v) is 1.54. The zero-order valence-electron chi connectivity index (χ0n) is 10.3. The minimum absolute atomic E-state index is 0.0931. The first kappa shape index (κ1) is 13.7. The van der Waals surface area contributed by atoms with Gasteiger partial charge in [0.2, 0.25) is 0 Å². The number of ether oxygens (including phenoxy) is 1. The zero-order valence-corrected chi connectivity index (χ0v) is 10.3. The Kier molecular flexibility index (Phi) is 3.47. The Hall–Kier alpha value is -2.77. The highest BCUT2D eigenvalue weighted by Crippen LogP contribution is 2.28. The summed E-state index contributed by atoms with van der Waals surface area (Å²) in [5, 5.41) is 10.7. The predicted molar refractivity (Wildman–Crippen MR) is 66.5 cm³/mol. The molecular formula is C12H9F2N3O3. The maximum Gasteiger partial charge on any atom is 0.272 e. The van der Waals surface area contributed by atoms with E-state index in [-0.39, 0.29) is 11.4 Å². The maximum absolute atomic E-state index is 13.4. The average Bonchev–Trinajstić information content (AvgIpc) is 2.35. The molecule has 0 bridgehead atoms. The van der Waals surface area contributed by atoms with Crippen molar-refractivity contribution in [2.45, 2.75) is 6.92 Å². The van der Waals surface area contributed by atoms with Gasteiger partial charge in [-0.3, -0.25) is 10.1 Å². The highest BCUT2D eigenvalue weighted by molar-refractivity contribution is 5.45. The Balaban J connectivity index is 2.33. The Bertz CT molecular complexity index is 692. The number of anilines is 1. The van der Waals surface area contributed by atoms with Crippen molar-refractivity contribution in [1.82, 2.24) is 4.98 Å². The van der Waals surface area contributed by atoms with E-state index in [0.717, 1.165) is 0 Å². The van der Waals surface area contributed by atoms with Gasteiger partial charge in [0.1, 0.15) is 5.75 Å². The molecule has 8 heteroatoms. The van der Waals surface area contributed by atoms with E-state index < -0.39 is 28.3 Å². The number of nitrogens with two attached hydrogens (primary N) is 1. The second kappa shape index (κ2) is 5.08. The highest BCUT2D eigenvalue weighted by Gasteiger charge is 2.14. The van der Waals surface area contributed by atoms with Crippen LogP contribution in [0, 0.1) is 28.7 Å². The molecule has 0 spiro atoms. The number of rotatable bonds is 3. The summed E-state index contributed by atoms with van der Waals surface area (Å²) in [6.45, 7) is 1.51. The van der Waals surface area contributed by atoms with E-state index in [0.29, 0.717) is 11.6 Å². The van der Waals surface area contributed by atoms with Crippen molar-refractivity contribution in [3.63, 3.8) is 0 Å². The maximum atomic E-state index is 13.4. The minimum Gasteiger partial charge on any atom is -0.436 e. The van der Waals surface area contributed by atoms with Crippen LogP contribution in [0.25, 0.3) is 0 Å². The van der Waals surface area contributed by atoms with Crippen LogP contribution in [0.15, 0.2) is 24.3 Å². The molecule has 0 amide bonds. The number of pyridine rings is 1. The van der Waals surface area contributed by atoms with E-state index in [2.05, 4.69) is 4.98 Å². The summed E-state index contributed by atoms with van der Waals surface area (Å²) < 4.78 is 31.5. The van der Waals surface area contributed by atoms with Gasteiger partial charge in [-0.25, -0.2) is 8.78 Å². The number of benzene rings is 1. The number of nitro benzene ring substituents is 1. The number of nitrogen functional groups attached to an aromatic ring is 1. The van der Waals surface area contributed by atoms with Crippen molar-refractivity contribution < 1.29 is 18.4 Å². The van der Waals surface area contributed by atoms with Gasteiger partial charge in [0.15, 0.2) is 17.5 Å². The van der Waals surface area contributed by atoms with Crippen molar-refractivity contribution in [2.75, 3.05) is 5.73 Å². The van der Waals surface area contributed by atoms with Crippen LogP contribution in [-0.4, -0.2) is 9.91 Å². The van der Waals surface area contributed by atoms with E-state index in [1.165, 1.54) is 25.1 Å². The van der Waals surface area contributed by atoms with Gasteiger partial charge in [0, 0.05) is 17.7 Å². The number of nitrogens with zero attached hydrogens (tertiary/aromatic N) is 2. The topological polar surface area (TPSA) is 91.3 Å². The Morgan fingerprint density at radius 3 is 2.60 bits per heavy atom. The average molecular weight is 281 g/mol. The van der Waals surface area contributed by atoms with Crippen LogP contribution in [0.5, 0.6) is 11.6 Å². The molecule has 2 N–H and O–H groups in total. The summed E-state index contributed by atoms with van der Waals surface area (Å²) in [5.41, 5.74) is 5.46. The van der Waals surface area contributed by atoms with Crippen LogP contribution in [0.2, 0.25) is 0 Å². The largest absolute Gasteiger partial charge is 0.436 e. The highest BCUT2D eigenvalue weighted by atomic mass is 19.1. The molecule has 0 atom stereocenters. The molecule has 20 heavy (non-hydrogen) atoms. The van der Waals surface area contributed by atoms with Gasteiger partial charge >= 0.3 is 0 Å². The number of aromatic nitrogens is 1. The Labute approximate surface area is 112 Å². The molecule has 0 unspecified atom stereocenters. The third kappa shape index (κ3) is 2.63. The lowest BCUT2D eigenvalue weighted by atomic mass is 10.2. The van der Waals surface area contributed by atoms with Crippen molar-refractivity contribution in [3.05, 3.63) is 51.6 Å². The van der Waals surface area contributed by atoms with Gasteiger partial charge in [-0.2, -0.15) is 4.98 Å². The third-order valence-corrected chi connectivity index (χ3v) is 2.50. The number of nitro groups is 1. The molecule has 2 aromatic rings. The van der Waals surface area contributed by atoms with E-state index in [4.69, 9.17) is 10.5 Å². The second-order valence-electron chi connectivity index (χ2n) is 3.95. The summed E-state index contributed by atoms with van der Waals surface area (Å²) in [4.78, 5) is 13.5. The van der Waals surface area contributed by atoms with E-state index in [1.54, 1.807) is 0 Å². The molecule has 6 nitrogen and oxygen atoms in total. The van der Waals surface area contributed by atoms with Gasteiger partial charge in [0.25, 0.3) is 11.6 Å². The lowest BCUT2D eigenvalue weighted by Crippen LogP contribution is -2.00. The van der Waals surface area contributed by atoms with E-state index in [9.17, 15) is 18.9 Å². The van der Waals surface area contributed by atoms with Crippen LogP contribution in [0.1, 0.15) is 5.56 Å². The summed E-state index contributed by atoms with van der Waals surface area (Å²) >= 11 is 0. The summed E-state index contributed by atoms with van der Waals surface area (Å²) in [6, 6.07) is 4.40. The molecule has 1 aromatic heterocycles. The first-order valence-electron chi connectivity index (χ1n) is 5.43. The monoisotopic (exact) mass is 281 g/mol. The minimum atomic E-state index is -1.02. The van der Waals surface area contributed by atoms with E-state index in [1.807, 2.05) is 0 Å². The smallest absolute Gasteiger partial charge is 0.272 e. The molecule has 0 radical (unpaired) electrons. The molecule has 104 valence electrons. The molecule has 1 aromatic carbocycles. The molecule has 0 aliphatic carbocycles. The zero-order chi connectivity index (χ0) is 14.9. The summed E-state index contributed by atoms with van der Waals surface area (Å²) in [7, 11) is 0. The van der Waals surface area contributed by atoms with Gasteiger partial charge < -0.3 is 10.5 Å². The molecule has 1 heterocycles. The first-order chi connectivity index (χ1) is 9.38. The van der Waals surface area contributed by atoms with Gasteiger partial charge in [-0.05, 0) is 19.1 Å². The van der Waals surface area contributed by atoms with Crippen molar-refractivity contribution >= 4 is 11.5 Å². The van der Waals surface area contributed by atoms with Crippen LogP contribution >= 0.6 is 0 Å². The lowest BCUT2D eigenvalue weighted by Gasteiger charge is -2.07. The SMILES string of the molecule is Cc1cc(Oc2nc(N)c(F)cc2F)ccc1[N+](=O)[O-]. The van der Waals surface area contributed by atoms with Gasteiger partial charge in [0.05, 0.1) is 4.92 Å². The number of hydrogen-bond donors (Lipinski definition) is 1. The molecule has 0 saturated carbocycles. The number of hydrogen-bond acceptors (Lipinski definition) is 5. The number of aryl methyl sites for hydroxylation is 1. The Morgan fingerprint density at radius 2 is 2.00 bits per heavy atom. The summed E-state index contributed by atoms with van der Waals surface area (Å²) in [5.74, 6) is -2.88. The summed E-state index contributed by atoms with van der Waals surface area (Å²) in [6.07, 6.45) is 0. The first-order valence-corrected chi connectivity index (χ1v) is 5.43. The molecule has 0 aliphatic heterocycles. The second-order valence-corrected chi connectivity index (χ2v) is 3.95. The molecular weight excluding hydrogens is 272 g/mol. The molecule has 0 saturated heterocycles. The van der Waals surface area contributed by atoms with Gasteiger partial charge in [-0.1, -0.05) is 0 Å². The number of halogens is 2. The van der Waals surface area contributed by atoms with Crippen LogP contribution < -0.4 is 10.5 Å². The van der Waals surface area contributed by atoms with Gasteiger partial charge in [-0.15, -0.1) is 0 Å². The van der Waals surface area contributed by atoms with E-state index >= 15 is 0 Å².